The summed E-state index contributed by atoms with van der Waals surface area (Å²) in [5, 5.41) is 1.14. The molecular formula is C18H13Cl2NO2. The molecule has 0 atom stereocenters. The van der Waals surface area contributed by atoms with Crippen LogP contribution in [0.4, 0.5) is 0 Å². The summed E-state index contributed by atoms with van der Waals surface area (Å²) in [7, 11) is 0. The molecule has 0 spiro atoms. The Hall–Kier alpha value is -1.97. The smallest absolute Gasteiger partial charge is 0.419 e. The Morgan fingerprint density at radius 1 is 0.957 bits per heavy atom. The van der Waals surface area contributed by atoms with Crippen molar-refractivity contribution in [3.63, 3.8) is 0 Å². The fourth-order valence-electron chi connectivity index (χ4n) is 2.73. The molecule has 1 aliphatic rings. The number of fused-ring (bicyclic) bond motifs is 2. The fourth-order valence-corrected chi connectivity index (χ4v) is 3.06. The Morgan fingerprint density at radius 3 is 2.65 bits per heavy atom. The zero-order chi connectivity index (χ0) is 16.0. The van der Waals surface area contributed by atoms with E-state index in [4.69, 9.17) is 32.7 Å². The molecule has 0 saturated carbocycles. The Morgan fingerprint density at radius 2 is 1.78 bits per heavy atom. The summed E-state index contributed by atoms with van der Waals surface area (Å²) in [6.07, 6.45) is 2.64. The molecule has 1 aromatic heterocycles. The number of rotatable bonds is 2. The molecule has 2 aromatic carbocycles. The van der Waals surface area contributed by atoms with Crippen molar-refractivity contribution in [1.82, 2.24) is 4.98 Å². The van der Waals surface area contributed by atoms with Crippen LogP contribution in [0.3, 0.4) is 0 Å². The highest BCUT2D eigenvalue weighted by molar-refractivity contribution is 6.46. The summed E-state index contributed by atoms with van der Waals surface area (Å²) in [6.45, 7) is 2.08. The second-order valence-corrected chi connectivity index (χ2v) is 6.85. The third-order valence-corrected chi connectivity index (χ3v) is 4.08. The molecule has 1 aliphatic heterocycles. The van der Waals surface area contributed by atoms with Gasteiger partial charge in [0.25, 0.3) is 0 Å². The first kappa shape index (κ1) is 14.6. The number of aromatic nitrogens is 1. The Balaban J connectivity index is 1.64. The van der Waals surface area contributed by atoms with Gasteiger partial charge in [-0.25, -0.2) is 0 Å². The second-order valence-electron chi connectivity index (χ2n) is 5.67. The van der Waals surface area contributed by atoms with Crippen molar-refractivity contribution >= 4 is 34.1 Å². The van der Waals surface area contributed by atoms with Gasteiger partial charge < -0.3 is 9.47 Å². The van der Waals surface area contributed by atoms with Crippen molar-refractivity contribution in [3.8, 4) is 11.5 Å². The standard InChI is InChI=1S/C18H13Cl2NO2/c1-11-2-4-15-14(6-11)8-13(10-21-15)7-12-3-5-16-17(9-12)23-18(19,20)22-16/h2-6,8-10H,7H2,1H3. The van der Waals surface area contributed by atoms with E-state index in [9.17, 15) is 0 Å². The molecule has 0 aliphatic carbocycles. The molecule has 0 fully saturated rings. The highest BCUT2D eigenvalue weighted by Crippen LogP contribution is 2.43. The zero-order valence-corrected chi connectivity index (χ0v) is 13.9. The minimum absolute atomic E-state index is 0.547. The van der Waals surface area contributed by atoms with Crippen LogP contribution in [-0.2, 0) is 6.42 Å². The van der Waals surface area contributed by atoms with Crippen LogP contribution < -0.4 is 9.47 Å². The highest BCUT2D eigenvalue weighted by Gasteiger charge is 2.37. The van der Waals surface area contributed by atoms with Crippen molar-refractivity contribution in [2.45, 2.75) is 18.1 Å². The van der Waals surface area contributed by atoms with E-state index in [1.165, 1.54) is 5.56 Å². The number of halogens is 2. The van der Waals surface area contributed by atoms with Gasteiger partial charge in [0.1, 0.15) is 0 Å². The van der Waals surface area contributed by atoms with Gasteiger partial charge >= 0.3 is 4.71 Å². The second kappa shape index (κ2) is 5.29. The van der Waals surface area contributed by atoms with Gasteiger partial charge in [0.15, 0.2) is 11.5 Å². The summed E-state index contributed by atoms with van der Waals surface area (Å²) >= 11 is 11.7. The molecule has 0 saturated heterocycles. The minimum atomic E-state index is -1.64. The molecule has 0 N–H and O–H groups in total. The van der Waals surface area contributed by atoms with Crippen molar-refractivity contribution in [2.75, 3.05) is 0 Å². The number of benzene rings is 2. The van der Waals surface area contributed by atoms with E-state index in [1.807, 2.05) is 30.5 Å². The fraction of sp³-hybridized carbons (Fsp3) is 0.167. The van der Waals surface area contributed by atoms with E-state index in [-0.39, 0.29) is 0 Å². The molecule has 0 radical (unpaired) electrons. The maximum absolute atomic E-state index is 5.84. The van der Waals surface area contributed by atoms with Gasteiger partial charge in [-0.3, -0.25) is 4.98 Å². The van der Waals surface area contributed by atoms with Gasteiger partial charge in [0, 0.05) is 11.6 Å². The summed E-state index contributed by atoms with van der Waals surface area (Å²) in [6, 6.07) is 14.1. The molecule has 116 valence electrons. The average Bonchev–Trinajstić information content (AvgIpc) is 2.80. The first-order valence-corrected chi connectivity index (χ1v) is 7.98. The van der Waals surface area contributed by atoms with Crippen molar-refractivity contribution in [2.24, 2.45) is 0 Å². The van der Waals surface area contributed by atoms with Gasteiger partial charge in [0.05, 0.1) is 5.52 Å². The maximum Gasteiger partial charge on any atom is 0.419 e. The van der Waals surface area contributed by atoms with Crippen LogP contribution in [0.2, 0.25) is 0 Å². The molecule has 3 nitrogen and oxygen atoms in total. The van der Waals surface area contributed by atoms with Crippen LogP contribution >= 0.6 is 23.2 Å². The number of hydrogen-bond acceptors (Lipinski definition) is 3. The van der Waals surface area contributed by atoms with Gasteiger partial charge in [-0.05, 0) is 78.0 Å². The van der Waals surface area contributed by atoms with Crippen LogP contribution in [0.25, 0.3) is 10.9 Å². The molecular weight excluding hydrogens is 333 g/mol. The van der Waals surface area contributed by atoms with Gasteiger partial charge in [-0.2, -0.15) is 0 Å². The minimum Gasteiger partial charge on any atom is -0.423 e. The van der Waals surface area contributed by atoms with Gasteiger partial charge in [-0.1, -0.05) is 17.7 Å². The zero-order valence-electron chi connectivity index (χ0n) is 12.3. The van der Waals surface area contributed by atoms with E-state index in [1.54, 1.807) is 0 Å². The van der Waals surface area contributed by atoms with E-state index in [0.29, 0.717) is 11.5 Å². The lowest BCUT2D eigenvalue weighted by atomic mass is 10.0. The molecule has 0 unspecified atom stereocenters. The Kier molecular flexibility index (Phi) is 3.36. The van der Waals surface area contributed by atoms with Gasteiger partial charge in [-0.15, -0.1) is 0 Å². The number of aryl methyl sites for hydroxylation is 1. The number of pyridine rings is 1. The van der Waals surface area contributed by atoms with E-state index in [0.717, 1.165) is 28.5 Å². The van der Waals surface area contributed by atoms with E-state index < -0.39 is 4.71 Å². The van der Waals surface area contributed by atoms with Crippen LogP contribution in [-0.4, -0.2) is 9.69 Å². The van der Waals surface area contributed by atoms with Crippen molar-refractivity contribution in [1.29, 1.82) is 0 Å². The lowest BCUT2D eigenvalue weighted by Gasteiger charge is -2.09. The number of alkyl halides is 2. The van der Waals surface area contributed by atoms with Crippen LogP contribution in [0.15, 0.2) is 48.7 Å². The van der Waals surface area contributed by atoms with Crippen LogP contribution in [0.1, 0.15) is 16.7 Å². The molecule has 3 aromatic rings. The molecule has 23 heavy (non-hydrogen) atoms. The van der Waals surface area contributed by atoms with Gasteiger partial charge in [0.2, 0.25) is 0 Å². The Bertz CT molecular complexity index is 909. The molecule has 0 amide bonds. The summed E-state index contributed by atoms with van der Waals surface area (Å²) in [4.78, 5) is 4.52. The summed E-state index contributed by atoms with van der Waals surface area (Å²) in [5.41, 5.74) is 4.43. The van der Waals surface area contributed by atoms with Crippen LogP contribution in [0, 0.1) is 6.92 Å². The quantitative estimate of drug-likeness (QED) is 0.613. The first-order chi connectivity index (χ1) is 11.0. The molecule has 5 heteroatoms. The van der Waals surface area contributed by atoms with E-state index in [2.05, 4.69) is 30.1 Å². The maximum atomic E-state index is 5.84. The lowest BCUT2D eigenvalue weighted by molar-refractivity contribution is 0.0849. The predicted molar refractivity (Wildman–Crippen MR) is 91.4 cm³/mol. The SMILES string of the molecule is Cc1ccc2ncc(Cc3ccc4c(c3)OC(Cl)(Cl)O4)cc2c1. The third-order valence-electron chi connectivity index (χ3n) is 3.77. The third kappa shape index (κ3) is 2.94. The van der Waals surface area contributed by atoms with Crippen molar-refractivity contribution in [3.05, 3.63) is 65.4 Å². The monoisotopic (exact) mass is 345 g/mol. The summed E-state index contributed by atoms with van der Waals surface area (Å²) < 4.78 is 8.98. The molecule has 2 heterocycles. The highest BCUT2D eigenvalue weighted by atomic mass is 35.5. The summed E-state index contributed by atoms with van der Waals surface area (Å²) in [5.74, 6) is 1.10. The normalized spacial score (nSPS) is 15.1. The number of ether oxygens (including phenoxy) is 2. The largest absolute Gasteiger partial charge is 0.423 e. The predicted octanol–water partition coefficient (Wildman–Crippen LogP) is 4.99. The van der Waals surface area contributed by atoms with E-state index >= 15 is 0 Å². The number of hydrogen-bond donors (Lipinski definition) is 0. The first-order valence-electron chi connectivity index (χ1n) is 7.23. The van der Waals surface area contributed by atoms with Crippen LogP contribution in [0.5, 0.6) is 11.5 Å². The molecule has 0 bridgehead atoms. The average molecular weight is 346 g/mol. The lowest BCUT2D eigenvalue weighted by Crippen LogP contribution is -2.22. The Labute approximate surface area is 143 Å². The topological polar surface area (TPSA) is 31.4 Å². The molecule has 4 rings (SSSR count). The number of nitrogens with zero attached hydrogens (tertiary/aromatic N) is 1. The van der Waals surface area contributed by atoms with Crippen molar-refractivity contribution < 1.29 is 9.47 Å².